The van der Waals surface area contributed by atoms with E-state index in [0.717, 1.165) is 21.0 Å². The number of methoxy groups -OCH3 is 1. The third kappa shape index (κ3) is 7.88. The molecule has 8 nitrogen and oxygen atoms in total. The topological polar surface area (TPSA) is 96.0 Å². The molecule has 0 saturated carbocycles. The zero-order chi connectivity index (χ0) is 30.2. The zero-order valence-electron chi connectivity index (χ0n) is 24.8. The van der Waals surface area contributed by atoms with Gasteiger partial charge in [0.1, 0.15) is 18.3 Å². The summed E-state index contributed by atoms with van der Waals surface area (Å²) in [4.78, 5) is 28.7. The molecule has 2 amide bonds. The fourth-order valence-corrected chi connectivity index (χ4v) is 5.98. The Kier molecular flexibility index (Phi) is 10.9. The number of benzene rings is 3. The van der Waals surface area contributed by atoms with E-state index in [2.05, 4.69) is 19.2 Å². The van der Waals surface area contributed by atoms with Crippen LogP contribution in [0, 0.1) is 6.92 Å². The number of ether oxygens (including phenoxy) is 1. The molecule has 1 atom stereocenters. The Labute approximate surface area is 244 Å². The second-order valence-corrected chi connectivity index (χ2v) is 12.1. The average molecular weight is 580 g/mol. The van der Waals surface area contributed by atoms with Gasteiger partial charge in [-0.05, 0) is 73.7 Å². The Morgan fingerprint density at radius 2 is 1.61 bits per heavy atom. The van der Waals surface area contributed by atoms with Crippen LogP contribution < -0.4 is 14.4 Å². The van der Waals surface area contributed by atoms with Crippen molar-refractivity contribution in [3.63, 3.8) is 0 Å². The number of likely N-dealkylation sites (N-methyl/N-ethyl adjacent to an activating group) is 1. The summed E-state index contributed by atoms with van der Waals surface area (Å²) in [6.45, 7) is 9.68. The minimum Gasteiger partial charge on any atom is -0.497 e. The van der Waals surface area contributed by atoms with Gasteiger partial charge in [-0.3, -0.25) is 13.9 Å². The van der Waals surface area contributed by atoms with E-state index in [-0.39, 0.29) is 23.3 Å². The standard InChI is InChI=1S/C32H41N3O5S/c1-7-30(32(37)33-8-2)34(21-25-10-9-11-28(20-25)40-6)31(36)22-35(27-16-14-26(15-17-27)23(3)4)41(38,39)29-18-12-24(5)13-19-29/h9-20,23,30H,7-8,21-22H2,1-6H3,(H,33,37). The molecule has 3 aromatic carbocycles. The SMILES string of the molecule is CCNC(=O)C(CC)N(Cc1cccc(OC)c1)C(=O)CN(c1ccc(C(C)C)cc1)S(=O)(=O)c1ccc(C)cc1. The van der Waals surface area contributed by atoms with Gasteiger partial charge in [-0.2, -0.15) is 0 Å². The van der Waals surface area contributed by atoms with E-state index in [4.69, 9.17) is 4.74 Å². The molecule has 0 heterocycles. The Bertz CT molecular complexity index is 1420. The molecule has 3 aromatic rings. The van der Waals surface area contributed by atoms with Gasteiger partial charge >= 0.3 is 0 Å². The number of carbonyl (C=O) groups is 2. The number of rotatable bonds is 13. The lowest BCUT2D eigenvalue weighted by Crippen LogP contribution is -2.52. The van der Waals surface area contributed by atoms with Crippen molar-refractivity contribution in [2.75, 3.05) is 24.5 Å². The van der Waals surface area contributed by atoms with Crippen molar-refractivity contribution in [1.29, 1.82) is 0 Å². The molecule has 0 aliphatic rings. The fraction of sp³-hybridized carbons (Fsp3) is 0.375. The summed E-state index contributed by atoms with van der Waals surface area (Å²) in [6.07, 6.45) is 0.356. The number of hydrogen-bond acceptors (Lipinski definition) is 5. The van der Waals surface area contributed by atoms with Gasteiger partial charge in [0.2, 0.25) is 11.8 Å². The number of carbonyl (C=O) groups excluding carboxylic acids is 2. The normalized spacial score (nSPS) is 12.1. The molecule has 220 valence electrons. The van der Waals surface area contributed by atoms with Gasteiger partial charge in [0.15, 0.2) is 0 Å². The molecule has 0 aliphatic heterocycles. The smallest absolute Gasteiger partial charge is 0.264 e. The highest BCUT2D eigenvalue weighted by Crippen LogP contribution is 2.27. The molecule has 0 saturated heterocycles. The van der Waals surface area contributed by atoms with Crippen LogP contribution in [0.3, 0.4) is 0 Å². The molecule has 0 bridgehead atoms. The van der Waals surface area contributed by atoms with E-state index in [9.17, 15) is 18.0 Å². The maximum absolute atomic E-state index is 14.1. The van der Waals surface area contributed by atoms with Crippen LogP contribution in [0.15, 0.2) is 77.7 Å². The molecular weight excluding hydrogens is 538 g/mol. The van der Waals surface area contributed by atoms with E-state index >= 15 is 0 Å². The quantitative estimate of drug-likeness (QED) is 0.298. The monoisotopic (exact) mass is 579 g/mol. The van der Waals surface area contributed by atoms with Gasteiger partial charge in [0.05, 0.1) is 17.7 Å². The summed E-state index contributed by atoms with van der Waals surface area (Å²) in [5.74, 6) is 0.0957. The third-order valence-corrected chi connectivity index (χ3v) is 8.75. The van der Waals surface area contributed by atoms with Crippen molar-refractivity contribution in [3.8, 4) is 5.75 Å². The van der Waals surface area contributed by atoms with Gasteiger partial charge < -0.3 is 15.0 Å². The summed E-state index contributed by atoms with van der Waals surface area (Å²) in [6, 6.07) is 20.2. The molecule has 0 fully saturated rings. The lowest BCUT2D eigenvalue weighted by molar-refractivity contribution is -0.140. The maximum Gasteiger partial charge on any atom is 0.264 e. The third-order valence-electron chi connectivity index (χ3n) is 6.96. The van der Waals surface area contributed by atoms with Gasteiger partial charge in [-0.25, -0.2) is 8.42 Å². The van der Waals surface area contributed by atoms with E-state index < -0.39 is 28.5 Å². The number of amides is 2. The van der Waals surface area contributed by atoms with Crippen LogP contribution in [0.5, 0.6) is 5.75 Å². The molecule has 0 aromatic heterocycles. The molecule has 0 spiro atoms. The first kappa shape index (κ1) is 31.7. The van der Waals surface area contributed by atoms with E-state index in [1.807, 2.05) is 45.0 Å². The van der Waals surface area contributed by atoms with Crippen molar-refractivity contribution in [2.45, 2.75) is 64.4 Å². The van der Waals surface area contributed by atoms with Crippen LogP contribution >= 0.6 is 0 Å². The van der Waals surface area contributed by atoms with Crippen molar-refractivity contribution in [2.24, 2.45) is 0 Å². The number of nitrogens with one attached hydrogen (secondary N) is 1. The highest BCUT2D eigenvalue weighted by Gasteiger charge is 2.33. The highest BCUT2D eigenvalue weighted by atomic mass is 32.2. The molecule has 3 rings (SSSR count). The Balaban J connectivity index is 2.08. The number of aryl methyl sites for hydroxylation is 1. The van der Waals surface area contributed by atoms with Gasteiger partial charge in [0.25, 0.3) is 10.0 Å². The highest BCUT2D eigenvalue weighted by molar-refractivity contribution is 7.92. The zero-order valence-corrected chi connectivity index (χ0v) is 25.6. The van der Waals surface area contributed by atoms with Crippen molar-refractivity contribution >= 4 is 27.5 Å². The largest absolute Gasteiger partial charge is 0.497 e. The predicted octanol–water partition coefficient (Wildman–Crippen LogP) is 5.27. The first-order valence-corrected chi connectivity index (χ1v) is 15.3. The molecule has 41 heavy (non-hydrogen) atoms. The van der Waals surface area contributed by atoms with Crippen LogP contribution in [0.4, 0.5) is 5.69 Å². The van der Waals surface area contributed by atoms with Crippen LogP contribution in [0.2, 0.25) is 0 Å². The first-order chi connectivity index (χ1) is 19.5. The van der Waals surface area contributed by atoms with Crippen LogP contribution in [-0.2, 0) is 26.2 Å². The van der Waals surface area contributed by atoms with Crippen molar-refractivity contribution < 1.29 is 22.7 Å². The van der Waals surface area contributed by atoms with Crippen molar-refractivity contribution in [1.82, 2.24) is 10.2 Å². The van der Waals surface area contributed by atoms with Crippen LogP contribution in [0.1, 0.15) is 56.7 Å². The van der Waals surface area contributed by atoms with Crippen molar-refractivity contribution in [3.05, 3.63) is 89.5 Å². The Hall–Kier alpha value is -3.85. The summed E-state index contributed by atoms with van der Waals surface area (Å²) in [5.41, 5.74) is 3.10. The molecule has 1 N–H and O–H groups in total. The number of nitrogens with zero attached hydrogens (tertiary/aromatic N) is 2. The van der Waals surface area contributed by atoms with E-state index in [1.54, 1.807) is 55.6 Å². The molecule has 1 unspecified atom stereocenters. The van der Waals surface area contributed by atoms with Gasteiger partial charge in [-0.1, -0.05) is 62.7 Å². The summed E-state index contributed by atoms with van der Waals surface area (Å²) in [7, 11) is -2.55. The Morgan fingerprint density at radius 1 is 0.951 bits per heavy atom. The fourth-order valence-electron chi connectivity index (χ4n) is 4.57. The van der Waals surface area contributed by atoms with Gasteiger partial charge in [-0.15, -0.1) is 0 Å². The number of sulfonamides is 1. The molecule has 9 heteroatoms. The minimum absolute atomic E-state index is 0.0824. The van der Waals surface area contributed by atoms with Crippen LogP contribution in [0.25, 0.3) is 0 Å². The summed E-state index contributed by atoms with van der Waals surface area (Å²) in [5, 5.41) is 2.81. The second kappa shape index (κ2) is 14.2. The predicted molar refractivity (Wildman–Crippen MR) is 163 cm³/mol. The van der Waals surface area contributed by atoms with Crippen LogP contribution in [-0.4, -0.2) is 51.4 Å². The molecule has 0 aliphatic carbocycles. The number of anilines is 1. The van der Waals surface area contributed by atoms with E-state index in [0.29, 0.717) is 24.4 Å². The van der Waals surface area contributed by atoms with E-state index in [1.165, 1.54) is 4.90 Å². The second-order valence-electron chi connectivity index (χ2n) is 10.3. The molecular formula is C32H41N3O5S. The Morgan fingerprint density at radius 3 is 2.17 bits per heavy atom. The summed E-state index contributed by atoms with van der Waals surface area (Å²) < 4.78 is 34.5. The average Bonchev–Trinajstić information content (AvgIpc) is 2.96. The van der Waals surface area contributed by atoms with Gasteiger partial charge in [0, 0.05) is 13.1 Å². The summed E-state index contributed by atoms with van der Waals surface area (Å²) >= 11 is 0. The first-order valence-electron chi connectivity index (χ1n) is 13.9. The number of hydrogen-bond donors (Lipinski definition) is 1. The maximum atomic E-state index is 14.1. The lowest BCUT2D eigenvalue weighted by atomic mass is 10.0. The lowest BCUT2D eigenvalue weighted by Gasteiger charge is -2.33. The minimum atomic E-state index is -4.11. The molecule has 0 radical (unpaired) electrons.